The maximum atomic E-state index is 11.6. The second kappa shape index (κ2) is 13.0. The van der Waals surface area contributed by atoms with Crippen LogP contribution in [-0.4, -0.2) is 18.5 Å². The Bertz CT molecular complexity index is 1390. The quantitative estimate of drug-likeness (QED) is 0.274. The van der Waals surface area contributed by atoms with Crippen LogP contribution in [0.2, 0.25) is 10.0 Å². The maximum absolute atomic E-state index is 11.6. The van der Waals surface area contributed by atoms with Gasteiger partial charge in [-0.2, -0.15) is 0 Å². The Hall–Kier alpha value is -2.92. The molecule has 1 unspecified atom stereocenters. The topological polar surface area (TPSA) is 49.4 Å². The van der Waals surface area contributed by atoms with Crippen molar-refractivity contribution in [3.05, 3.63) is 125 Å². The predicted molar refractivity (Wildman–Crippen MR) is 158 cm³/mol. The van der Waals surface area contributed by atoms with E-state index in [1.807, 2.05) is 50.2 Å². The highest BCUT2D eigenvalue weighted by Gasteiger charge is 2.27. The van der Waals surface area contributed by atoms with Crippen molar-refractivity contribution in [2.45, 2.75) is 46.6 Å². The third-order valence-corrected chi connectivity index (χ3v) is 7.03. The highest BCUT2D eigenvalue weighted by Crippen LogP contribution is 2.38. The van der Waals surface area contributed by atoms with Crippen LogP contribution in [-0.2, 0) is 13.0 Å². The van der Waals surface area contributed by atoms with Gasteiger partial charge in [-0.15, -0.1) is 0 Å². The number of hydrogen-bond donors (Lipinski definition) is 1. The number of fused-ring (bicyclic) bond motifs is 1. The fourth-order valence-electron chi connectivity index (χ4n) is 4.44. The summed E-state index contributed by atoms with van der Waals surface area (Å²) in [6.07, 6.45) is 1.14. The van der Waals surface area contributed by atoms with Gasteiger partial charge in [-0.3, -0.25) is 9.59 Å². The van der Waals surface area contributed by atoms with Crippen LogP contribution in [0.3, 0.4) is 0 Å². The number of benzene rings is 3. The van der Waals surface area contributed by atoms with Gasteiger partial charge < -0.3 is 10.2 Å². The second-order valence-corrected chi connectivity index (χ2v) is 9.79. The Balaban J connectivity index is 0.000000322. The van der Waals surface area contributed by atoms with Crippen LogP contribution in [0.5, 0.6) is 0 Å². The summed E-state index contributed by atoms with van der Waals surface area (Å²) in [5.74, 6) is 0.164. The summed E-state index contributed by atoms with van der Waals surface area (Å²) >= 11 is 12.7. The summed E-state index contributed by atoms with van der Waals surface area (Å²) in [6.45, 7) is 9.48. The largest absolute Gasteiger partial charge is 0.352 e. The van der Waals surface area contributed by atoms with Crippen molar-refractivity contribution in [3.63, 3.8) is 0 Å². The fraction of sp³-hybridized carbons (Fsp3) is 0.290. The molecule has 4 aromatic carbocycles. The van der Waals surface area contributed by atoms with Gasteiger partial charge >= 0.3 is 0 Å². The lowest BCUT2D eigenvalue weighted by Crippen LogP contribution is -2.36. The molecule has 0 bridgehead atoms. The van der Waals surface area contributed by atoms with Gasteiger partial charge in [0.25, 0.3) is 0 Å². The smallest absolute Gasteiger partial charge is 0.249 e. The molecule has 0 amide bonds. The molecule has 0 saturated carbocycles. The Labute approximate surface area is 229 Å². The van der Waals surface area contributed by atoms with Crippen LogP contribution < -0.4 is 16.2 Å². The average molecular weight is 538 g/mol. The molecule has 0 spiro atoms. The van der Waals surface area contributed by atoms with Crippen LogP contribution in [0.15, 0.2) is 76.3 Å². The molecule has 1 aliphatic rings. The van der Waals surface area contributed by atoms with Gasteiger partial charge in [-0.25, -0.2) is 0 Å². The van der Waals surface area contributed by atoms with Crippen LogP contribution in [0.4, 0.5) is 11.4 Å². The molecule has 0 aromatic heterocycles. The number of nitrogens with one attached hydrogen (secondary N) is 1. The van der Waals surface area contributed by atoms with E-state index < -0.39 is 10.9 Å². The van der Waals surface area contributed by atoms with E-state index >= 15 is 0 Å². The van der Waals surface area contributed by atoms with Gasteiger partial charge in [-0.1, -0.05) is 86.4 Å². The van der Waals surface area contributed by atoms with E-state index in [-0.39, 0.29) is 5.92 Å². The van der Waals surface area contributed by atoms with Crippen LogP contribution >= 0.6 is 23.2 Å². The minimum atomic E-state index is -0.455. The number of aryl methyl sites for hydroxylation is 1. The third-order valence-electron chi connectivity index (χ3n) is 6.47. The average Bonchev–Trinajstić information content (AvgIpc) is 2.93. The Morgan fingerprint density at radius 1 is 0.946 bits per heavy atom. The van der Waals surface area contributed by atoms with Gasteiger partial charge in [0.05, 0.1) is 5.69 Å². The molecule has 4 nitrogen and oxygen atoms in total. The molecule has 0 saturated heterocycles. The SMILES string of the molecule is CC.CCc1ccccc1.Cc1c(Nc2ccc(C3CN(C)Cc4c(Cl)cc(Cl)cc43)cc2)c(=O)c1=O. The molecule has 1 aliphatic heterocycles. The van der Waals surface area contributed by atoms with Crippen LogP contribution in [0.25, 0.3) is 0 Å². The van der Waals surface area contributed by atoms with Gasteiger partial charge in [0.15, 0.2) is 0 Å². The molecule has 0 aliphatic carbocycles. The van der Waals surface area contributed by atoms with E-state index in [1.54, 1.807) is 13.0 Å². The van der Waals surface area contributed by atoms with Crippen LogP contribution in [0, 0.1) is 6.92 Å². The zero-order chi connectivity index (χ0) is 27.1. The van der Waals surface area contributed by atoms with Crippen molar-refractivity contribution in [2.75, 3.05) is 18.9 Å². The molecule has 1 atom stereocenters. The zero-order valence-corrected chi connectivity index (χ0v) is 23.6. The van der Waals surface area contributed by atoms with Gasteiger partial charge in [-0.05, 0) is 66.9 Å². The van der Waals surface area contributed by atoms with E-state index in [9.17, 15) is 9.59 Å². The lowest BCUT2D eigenvalue weighted by molar-refractivity contribution is 0.295. The number of anilines is 2. The van der Waals surface area contributed by atoms with Crippen molar-refractivity contribution >= 4 is 34.6 Å². The summed E-state index contributed by atoms with van der Waals surface area (Å²) in [5, 5.41) is 4.38. The number of rotatable bonds is 4. The molecular formula is C31H34Cl2N2O2. The summed E-state index contributed by atoms with van der Waals surface area (Å²) in [4.78, 5) is 25.2. The van der Waals surface area contributed by atoms with E-state index in [0.29, 0.717) is 21.3 Å². The van der Waals surface area contributed by atoms with Crippen molar-refractivity contribution in [1.29, 1.82) is 0 Å². The molecule has 194 valence electrons. The molecule has 1 N–H and O–H groups in total. The first-order chi connectivity index (χ1) is 17.8. The number of likely N-dealkylation sites (N-methyl/N-ethyl adjacent to an activating group) is 1. The fourth-order valence-corrected chi connectivity index (χ4v) is 5.01. The van der Waals surface area contributed by atoms with E-state index in [1.165, 1.54) is 5.56 Å². The Kier molecular flexibility index (Phi) is 10.1. The lowest BCUT2D eigenvalue weighted by Gasteiger charge is -2.33. The third kappa shape index (κ3) is 6.70. The van der Waals surface area contributed by atoms with Crippen molar-refractivity contribution < 1.29 is 0 Å². The highest BCUT2D eigenvalue weighted by molar-refractivity contribution is 6.35. The van der Waals surface area contributed by atoms with E-state index in [0.717, 1.165) is 41.9 Å². The van der Waals surface area contributed by atoms with Gasteiger partial charge in [0.2, 0.25) is 10.9 Å². The molecule has 1 heterocycles. The molecule has 4 aromatic rings. The van der Waals surface area contributed by atoms with Crippen molar-refractivity contribution in [2.24, 2.45) is 0 Å². The molecule has 0 radical (unpaired) electrons. The van der Waals surface area contributed by atoms with E-state index in [2.05, 4.69) is 48.5 Å². The summed E-state index contributed by atoms with van der Waals surface area (Å²) in [6, 6.07) is 22.2. The molecular weight excluding hydrogens is 503 g/mol. The first kappa shape index (κ1) is 28.6. The van der Waals surface area contributed by atoms with Gasteiger partial charge in [0, 0.05) is 40.3 Å². The Morgan fingerprint density at radius 3 is 2.16 bits per heavy atom. The predicted octanol–water partition coefficient (Wildman–Crippen LogP) is 7.49. The molecule has 5 rings (SSSR count). The number of nitrogens with zero attached hydrogens (tertiary/aromatic N) is 1. The van der Waals surface area contributed by atoms with Gasteiger partial charge in [0.1, 0.15) is 0 Å². The summed E-state index contributed by atoms with van der Waals surface area (Å²) < 4.78 is 0. The minimum Gasteiger partial charge on any atom is -0.352 e. The van der Waals surface area contributed by atoms with Crippen molar-refractivity contribution in [1.82, 2.24) is 4.90 Å². The number of hydrogen-bond acceptors (Lipinski definition) is 4. The second-order valence-electron chi connectivity index (χ2n) is 8.95. The summed E-state index contributed by atoms with van der Waals surface area (Å²) in [7, 11) is 2.07. The lowest BCUT2D eigenvalue weighted by atomic mass is 9.84. The summed E-state index contributed by atoms with van der Waals surface area (Å²) in [5.41, 5.74) is 5.60. The first-order valence-corrected chi connectivity index (χ1v) is 13.4. The molecule has 37 heavy (non-hydrogen) atoms. The van der Waals surface area contributed by atoms with E-state index in [4.69, 9.17) is 23.2 Å². The first-order valence-electron chi connectivity index (χ1n) is 12.7. The van der Waals surface area contributed by atoms with Crippen LogP contribution in [0.1, 0.15) is 54.5 Å². The standard InChI is InChI=1S/C21H18Cl2N2O2.C8H10.C2H6/c1-11-19(21(27)20(11)26)24-14-5-3-12(4-6-14)16-9-25(2)10-17-15(16)7-13(22)8-18(17)23;1-2-8-6-4-3-5-7-8;1-2/h3-8,16,24H,9-10H2,1-2H3;3-7H,2H2,1H3;1-2H3. The molecule has 0 fully saturated rings. The zero-order valence-electron chi connectivity index (χ0n) is 22.1. The maximum Gasteiger partial charge on any atom is 0.249 e. The highest BCUT2D eigenvalue weighted by atomic mass is 35.5. The Morgan fingerprint density at radius 2 is 1.59 bits per heavy atom. The number of halogens is 2. The molecule has 6 heteroatoms. The minimum absolute atomic E-state index is 0.164. The normalized spacial score (nSPS) is 14.6. The van der Waals surface area contributed by atoms with Crippen molar-refractivity contribution in [3.8, 4) is 0 Å². The monoisotopic (exact) mass is 536 g/mol.